The summed E-state index contributed by atoms with van der Waals surface area (Å²) in [5, 5.41) is 15.7. The highest BCUT2D eigenvalue weighted by Crippen LogP contribution is 2.59. The Kier molecular flexibility index (Phi) is 19.7. The minimum absolute atomic E-state index is 0.0310. The summed E-state index contributed by atoms with van der Waals surface area (Å²) in [6.07, 6.45) is 2.88. The minimum Gasteiger partial charge on any atom is -0.467 e. The quantitative estimate of drug-likeness (QED) is 0.0359. The number of ether oxygens (including phenoxy) is 5. The van der Waals surface area contributed by atoms with E-state index in [1.807, 2.05) is 54.5 Å². The maximum atomic E-state index is 13.8. The molecule has 10 atom stereocenters. The average Bonchev–Trinajstić information content (AvgIpc) is 4.21. The molecule has 18 heteroatoms. The monoisotopic (exact) mass is 925 g/mol. The zero-order valence-electron chi connectivity index (χ0n) is 40.0. The molecular weight excluding hydrogens is 853 g/mol. The van der Waals surface area contributed by atoms with Gasteiger partial charge >= 0.3 is 12.1 Å². The van der Waals surface area contributed by atoms with E-state index in [1.165, 1.54) is 12.7 Å². The SMILES string of the molecule is C=C(C(=O)NCC(=O)N[C@@H](Cc1ccccc1)C(=O)N[C@@H](CC(C)C)C(=O)NCC(=O)NCC[C@H](NC(=O)OC1CC[C@]2(CO2)C(C2(C)O[C@@H]2CC=C(C)C)C1OC)C(=O)OC)C(C)CC. The number of hydrogen-bond donors (Lipinski definition) is 6. The number of rotatable bonds is 25. The van der Waals surface area contributed by atoms with Crippen molar-refractivity contribution in [2.24, 2.45) is 17.8 Å². The molecule has 6 N–H and O–H groups in total. The van der Waals surface area contributed by atoms with Crippen LogP contribution in [0.2, 0.25) is 0 Å². The summed E-state index contributed by atoms with van der Waals surface area (Å²) < 4.78 is 29.0. The molecule has 3 fully saturated rings. The molecule has 2 saturated heterocycles. The van der Waals surface area contributed by atoms with Crippen LogP contribution in [0, 0.1) is 17.8 Å². The first-order valence-electron chi connectivity index (χ1n) is 22.9. The van der Waals surface area contributed by atoms with Gasteiger partial charge in [0.05, 0.1) is 38.8 Å². The highest BCUT2D eigenvalue weighted by molar-refractivity contribution is 5.97. The van der Waals surface area contributed by atoms with Crippen LogP contribution in [0.3, 0.4) is 0 Å². The molecule has 66 heavy (non-hydrogen) atoms. The van der Waals surface area contributed by atoms with Crippen LogP contribution in [-0.2, 0) is 58.9 Å². The molecule has 2 aliphatic heterocycles. The molecule has 0 radical (unpaired) electrons. The molecule has 6 amide bonds. The van der Waals surface area contributed by atoms with E-state index in [4.69, 9.17) is 23.7 Å². The Balaban J connectivity index is 1.29. The summed E-state index contributed by atoms with van der Waals surface area (Å²) in [7, 11) is 2.74. The maximum Gasteiger partial charge on any atom is 0.408 e. The topological polar surface area (TPSA) is 244 Å². The molecule has 18 nitrogen and oxygen atoms in total. The van der Waals surface area contributed by atoms with Crippen molar-refractivity contribution in [3.8, 4) is 0 Å². The molecule has 0 aromatic heterocycles. The Labute approximate surface area is 388 Å². The number of benzene rings is 1. The predicted molar refractivity (Wildman–Crippen MR) is 244 cm³/mol. The first-order chi connectivity index (χ1) is 31.3. The molecule has 1 aliphatic carbocycles. The van der Waals surface area contributed by atoms with Crippen molar-refractivity contribution < 1.29 is 57.2 Å². The van der Waals surface area contributed by atoms with Gasteiger partial charge in [-0.2, -0.15) is 0 Å². The summed E-state index contributed by atoms with van der Waals surface area (Å²) in [6.45, 7) is 17.1. The zero-order valence-corrected chi connectivity index (χ0v) is 40.0. The number of epoxide rings is 2. The van der Waals surface area contributed by atoms with Crippen LogP contribution in [0.5, 0.6) is 0 Å². The lowest BCUT2D eigenvalue weighted by Gasteiger charge is -2.42. The number of methoxy groups -OCH3 is 2. The van der Waals surface area contributed by atoms with Crippen molar-refractivity contribution in [3.63, 3.8) is 0 Å². The number of amides is 6. The molecule has 366 valence electrons. The minimum atomic E-state index is -1.18. The van der Waals surface area contributed by atoms with Crippen LogP contribution < -0.4 is 31.9 Å². The maximum absolute atomic E-state index is 13.8. The Morgan fingerprint density at radius 2 is 1.58 bits per heavy atom. The summed E-state index contributed by atoms with van der Waals surface area (Å²) in [5.74, 6) is -4.01. The first-order valence-corrected chi connectivity index (χ1v) is 22.9. The van der Waals surface area contributed by atoms with E-state index in [1.54, 1.807) is 31.4 Å². The van der Waals surface area contributed by atoms with E-state index in [-0.39, 0.29) is 49.7 Å². The molecule has 1 spiro atoms. The molecule has 1 saturated carbocycles. The fourth-order valence-electron chi connectivity index (χ4n) is 8.51. The van der Waals surface area contributed by atoms with Gasteiger partial charge in [-0.1, -0.05) is 76.3 Å². The largest absolute Gasteiger partial charge is 0.467 e. The third kappa shape index (κ3) is 15.1. The number of carbonyl (C=O) groups excluding carboxylic acids is 7. The van der Waals surface area contributed by atoms with Gasteiger partial charge in [0.2, 0.25) is 29.5 Å². The number of nitrogens with one attached hydrogen (secondary N) is 6. The normalized spacial score (nSPS) is 24.6. The van der Waals surface area contributed by atoms with Crippen LogP contribution in [0.1, 0.15) is 92.6 Å². The lowest BCUT2D eigenvalue weighted by molar-refractivity contribution is -0.143. The Morgan fingerprint density at radius 3 is 2.18 bits per heavy atom. The number of alkyl carbamates (subject to hydrolysis) is 1. The van der Waals surface area contributed by atoms with Crippen LogP contribution in [0.25, 0.3) is 0 Å². The Hall–Kier alpha value is -5.33. The fourth-order valence-corrected chi connectivity index (χ4v) is 8.51. The van der Waals surface area contributed by atoms with Gasteiger partial charge in [-0.25, -0.2) is 9.59 Å². The van der Waals surface area contributed by atoms with Gasteiger partial charge in [0.1, 0.15) is 41.5 Å². The van der Waals surface area contributed by atoms with Gasteiger partial charge < -0.3 is 55.6 Å². The molecule has 4 rings (SSSR count). The van der Waals surface area contributed by atoms with Crippen molar-refractivity contribution in [2.75, 3.05) is 40.5 Å². The number of hydrogen-bond acceptors (Lipinski definition) is 12. The summed E-state index contributed by atoms with van der Waals surface area (Å²) >= 11 is 0. The van der Waals surface area contributed by atoms with E-state index in [2.05, 4.69) is 44.6 Å². The van der Waals surface area contributed by atoms with E-state index in [0.717, 1.165) is 12.0 Å². The van der Waals surface area contributed by atoms with Crippen LogP contribution in [-0.4, -0.2) is 130 Å². The third-order valence-electron chi connectivity index (χ3n) is 12.6. The first kappa shape index (κ1) is 53.3. The van der Waals surface area contributed by atoms with Crippen LogP contribution in [0.15, 0.2) is 54.1 Å². The van der Waals surface area contributed by atoms with Crippen molar-refractivity contribution in [2.45, 2.75) is 141 Å². The molecule has 1 aromatic carbocycles. The highest BCUT2D eigenvalue weighted by atomic mass is 16.6. The Morgan fingerprint density at radius 1 is 0.894 bits per heavy atom. The molecule has 5 unspecified atom stereocenters. The number of carbonyl (C=O) groups is 7. The third-order valence-corrected chi connectivity index (χ3v) is 12.6. The van der Waals surface area contributed by atoms with Crippen molar-refractivity contribution in [1.82, 2.24) is 31.9 Å². The predicted octanol–water partition coefficient (Wildman–Crippen LogP) is 2.93. The lowest BCUT2D eigenvalue weighted by atomic mass is 9.68. The molecular formula is C48H72N6O12. The molecule has 1 aromatic rings. The molecule has 3 aliphatic rings. The number of esters is 1. The molecule has 2 heterocycles. The van der Waals surface area contributed by atoms with Gasteiger partial charge in [-0.3, -0.25) is 24.0 Å². The van der Waals surface area contributed by atoms with Gasteiger partial charge in [-0.15, -0.1) is 0 Å². The van der Waals surface area contributed by atoms with Crippen molar-refractivity contribution in [3.05, 3.63) is 59.7 Å². The van der Waals surface area contributed by atoms with Gasteiger partial charge in [-0.05, 0) is 76.7 Å². The average molecular weight is 925 g/mol. The second-order valence-corrected chi connectivity index (χ2v) is 18.4. The van der Waals surface area contributed by atoms with E-state index in [9.17, 15) is 33.6 Å². The van der Waals surface area contributed by atoms with Crippen LogP contribution >= 0.6 is 0 Å². The standard InChI is InChI=1S/C48H72N6O12/c1-11-30(6)31(7)42(57)50-26-39(56)52-35(24-32-15-13-12-14-16-32)44(59)53-34(23-29(4)5)43(58)51-25-38(55)49-22-20-33(45(60)63-10)54-46(61)65-36-19-21-48(27-64-48)41(40(36)62-9)47(8)37(66-47)18-17-28(2)3/h12-17,29-30,33-37,40-41H,7,11,18-27H2,1-6,8-10H3,(H,49,55)(H,50,57)(H,51,58)(H,52,56)(H,53,59)(H,54,61)/t30?,33-,34-,35-,36?,37+,40?,41?,47?,48-/m0/s1. The molecule has 0 bridgehead atoms. The summed E-state index contributed by atoms with van der Waals surface area (Å²) in [5.41, 5.74) is 1.33. The van der Waals surface area contributed by atoms with Gasteiger partial charge in [0.15, 0.2) is 0 Å². The zero-order chi connectivity index (χ0) is 48.8. The Bertz CT molecular complexity index is 1920. The van der Waals surface area contributed by atoms with E-state index >= 15 is 0 Å². The second kappa shape index (κ2) is 24.4. The number of allylic oxidation sites excluding steroid dienone is 1. The summed E-state index contributed by atoms with van der Waals surface area (Å²) in [4.78, 5) is 91.8. The smallest absolute Gasteiger partial charge is 0.408 e. The van der Waals surface area contributed by atoms with Crippen LogP contribution in [0.4, 0.5) is 4.79 Å². The fraction of sp³-hybridized carbons (Fsp3) is 0.646. The van der Waals surface area contributed by atoms with Crippen molar-refractivity contribution >= 4 is 41.6 Å². The van der Waals surface area contributed by atoms with Gasteiger partial charge in [0, 0.05) is 25.6 Å². The summed E-state index contributed by atoms with van der Waals surface area (Å²) in [6, 6.07) is 5.65. The van der Waals surface area contributed by atoms with E-state index in [0.29, 0.717) is 31.4 Å². The van der Waals surface area contributed by atoms with Crippen molar-refractivity contribution in [1.29, 1.82) is 0 Å². The lowest BCUT2D eigenvalue weighted by Crippen LogP contribution is -2.56. The van der Waals surface area contributed by atoms with E-state index < -0.39 is 96.2 Å². The second-order valence-electron chi connectivity index (χ2n) is 18.4. The highest BCUT2D eigenvalue weighted by Gasteiger charge is 2.72. The van der Waals surface area contributed by atoms with Gasteiger partial charge in [0.25, 0.3) is 0 Å².